The van der Waals surface area contributed by atoms with E-state index in [9.17, 15) is 5.11 Å². The number of hydrogen-bond donors (Lipinski definition) is 2. The van der Waals surface area contributed by atoms with Gasteiger partial charge in [0.25, 0.3) is 0 Å². The molecule has 1 saturated carbocycles. The zero-order valence-corrected chi connectivity index (χ0v) is 12.4. The molecule has 19 heavy (non-hydrogen) atoms. The van der Waals surface area contributed by atoms with Crippen LogP contribution in [0.4, 0.5) is 0 Å². The number of nitrogens with one attached hydrogen (secondary N) is 1. The van der Waals surface area contributed by atoms with Crippen LogP contribution in [0.15, 0.2) is 18.2 Å². The maximum atomic E-state index is 9.37. The monoisotopic (exact) mass is 261 g/mol. The zero-order valence-electron chi connectivity index (χ0n) is 12.4. The molecule has 1 fully saturated rings. The molecule has 2 rings (SSSR count). The van der Waals surface area contributed by atoms with Crippen molar-refractivity contribution in [2.24, 2.45) is 11.8 Å². The lowest BCUT2D eigenvalue weighted by atomic mass is 9.95. The molecule has 3 atom stereocenters. The van der Waals surface area contributed by atoms with Gasteiger partial charge in [0, 0.05) is 12.6 Å². The van der Waals surface area contributed by atoms with Crippen molar-refractivity contribution < 1.29 is 5.11 Å². The molecular formula is C17H27NO. The van der Waals surface area contributed by atoms with E-state index in [-0.39, 0.29) is 0 Å². The van der Waals surface area contributed by atoms with E-state index in [2.05, 4.69) is 44.3 Å². The van der Waals surface area contributed by atoms with Gasteiger partial charge in [0.05, 0.1) is 0 Å². The lowest BCUT2D eigenvalue weighted by molar-refractivity contribution is 0.190. The Morgan fingerprint density at radius 1 is 1.26 bits per heavy atom. The van der Waals surface area contributed by atoms with Crippen LogP contribution in [0.25, 0.3) is 0 Å². The third-order valence-electron chi connectivity index (χ3n) is 4.64. The normalized spacial score (nSPS) is 24.6. The first-order chi connectivity index (χ1) is 9.11. The van der Waals surface area contributed by atoms with Crippen LogP contribution in [-0.4, -0.2) is 18.3 Å². The van der Waals surface area contributed by atoms with E-state index in [4.69, 9.17) is 0 Å². The van der Waals surface area contributed by atoms with E-state index < -0.39 is 0 Å². The summed E-state index contributed by atoms with van der Waals surface area (Å²) in [6.07, 6.45) is 3.73. The molecule has 0 aliphatic heterocycles. The van der Waals surface area contributed by atoms with Gasteiger partial charge in [-0.05, 0) is 63.1 Å². The average molecular weight is 261 g/mol. The van der Waals surface area contributed by atoms with Crippen molar-refractivity contribution in [2.45, 2.75) is 46.1 Å². The van der Waals surface area contributed by atoms with Crippen molar-refractivity contribution in [3.05, 3.63) is 34.9 Å². The fourth-order valence-corrected chi connectivity index (χ4v) is 3.29. The summed E-state index contributed by atoms with van der Waals surface area (Å²) in [7, 11) is 0. The summed E-state index contributed by atoms with van der Waals surface area (Å²) >= 11 is 0. The highest BCUT2D eigenvalue weighted by Gasteiger charge is 2.26. The lowest BCUT2D eigenvalue weighted by Crippen LogP contribution is -2.29. The van der Waals surface area contributed by atoms with Crippen LogP contribution in [0.2, 0.25) is 0 Å². The van der Waals surface area contributed by atoms with Gasteiger partial charge in [-0.15, -0.1) is 0 Å². The molecule has 1 aromatic rings. The van der Waals surface area contributed by atoms with Gasteiger partial charge in [-0.2, -0.15) is 0 Å². The molecule has 2 nitrogen and oxygen atoms in total. The van der Waals surface area contributed by atoms with E-state index in [0.717, 1.165) is 6.54 Å². The second-order valence-corrected chi connectivity index (χ2v) is 6.12. The average Bonchev–Trinajstić information content (AvgIpc) is 2.86. The smallest absolute Gasteiger partial charge is 0.0462 e. The summed E-state index contributed by atoms with van der Waals surface area (Å²) < 4.78 is 0. The van der Waals surface area contributed by atoms with Crippen LogP contribution in [0.5, 0.6) is 0 Å². The van der Waals surface area contributed by atoms with Crippen LogP contribution < -0.4 is 5.32 Å². The quantitative estimate of drug-likeness (QED) is 0.852. The van der Waals surface area contributed by atoms with Gasteiger partial charge in [0.2, 0.25) is 0 Å². The minimum atomic E-state index is 0.351. The number of rotatable bonds is 5. The topological polar surface area (TPSA) is 32.3 Å². The van der Waals surface area contributed by atoms with Crippen molar-refractivity contribution >= 4 is 0 Å². The third kappa shape index (κ3) is 3.58. The molecule has 0 saturated heterocycles. The van der Waals surface area contributed by atoms with Crippen molar-refractivity contribution in [2.75, 3.05) is 13.2 Å². The predicted molar refractivity (Wildman–Crippen MR) is 80.3 cm³/mol. The van der Waals surface area contributed by atoms with Crippen LogP contribution >= 0.6 is 0 Å². The maximum absolute atomic E-state index is 9.37. The molecule has 0 heterocycles. The minimum Gasteiger partial charge on any atom is -0.396 e. The maximum Gasteiger partial charge on any atom is 0.0462 e. The molecule has 3 unspecified atom stereocenters. The van der Waals surface area contributed by atoms with Gasteiger partial charge < -0.3 is 10.4 Å². The van der Waals surface area contributed by atoms with Crippen molar-refractivity contribution in [3.63, 3.8) is 0 Å². The fraction of sp³-hybridized carbons (Fsp3) is 0.647. The minimum absolute atomic E-state index is 0.351. The molecule has 0 radical (unpaired) electrons. The van der Waals surface area contributed by atoms with Crippen molar-refractivity contribution in [1.29, 1.82) is 0 Å². The Morgan fingerprint density at radius 2 is 2.00 bits per heavy atom. The first-order valence-electron chi connectivity index (χ1n) is 7.53. The van der Waals surface area contributed by atoms with Gasteiger partial charge in [-0.3, -0.25) is 0 Å². The molecule has 1 aliphatic rings. The Labute approximate surface area is 117 Å². The summed E-state index contributed by atoms with van der Waals surface area (Å²) in [5, 5.41) is 13.0. The number of hydrogen-bond acceptors (Lipinski definition) is 2. The Kier molecular flexibility index (Phi) is 5.00. The Morgan fingerprint density at radius 3 is 2.74 bits per heavy atom. The van der Waals surface area contributed by atoms with E-state index in [1.165, 1.54) is 36.0 Å². The highest BCUT2D eigenvalue weighted by Crippen LogP contribution is 2.31. The van der Waals surface area contributed by atoms with Gasteiger partial charge in [0.1, 0.15) is 0 Å². The highest BCUT2D eigenvalue weighted by atomic mass is 16.3. The summed E-state index contributed by atoms with van der Waals surface area (Å²) in [5.74, 6) is 1.16. The first-order valence-corrected chi connectivity index (χ1v) is 7.53. The predicted octanol–water partition coefficient (Wildman–Crippen LogP) is 3.36. The van der Waals surface area contributed by atoms with E-state index >= 15 is 0 Å². The molecule has 0 amide bonds. The lowest BCUT2D eigenvalue weighted by Gasteiger charge is -2.22. The van der Waals surface area contributed by atoms with E-state index in [1.54, 1.807) is 0 Å². The zero-order chi connectivity index (χ0) is 13.8. The van der Waals surface area contributed by atoms with Gasteiger partial charge in [-0.1, -0.05) is 30.2 Å². The third-order valence-corrected chi connectivity index (χ3v) is 4.64. The molecule has 2 N–H and O–H groups in total. The first kappa shape index (κ1) is 14.5. The van der Waals surface area contributed by atoms with Crippen LogP contribution in [0.1, 0.15) is 48.9 Å². The number of aliphatic hydroxyl groups excluding tert-OH is 1. The second kappa shape index (κ2) is 6.53. The van der Waals surface area contributed by atoms with Crippen LogP contribution in [0, 0.1) is 25.7 Å². The summed E-state index contributed by atoms with van der Waals surface area (Å²) in [4.78, 5) is 0. The summed E-state index contributed by atoms with van der Waals surface area (Å²) in [6, 6.07) is 7.05. The summed E-state index contributed by atoms with van der Waals surface area (Å²) in [5.41, 5.74) is 4.08. The van der Waals surface area contributed by atoms with Crippen LogP contribution in [-0.2, 0) is 0 Å². The molecule has 0 spiro atoms. The second-order valence-electron chi connectivity index (χ2n) is 6.12. The molecule has 0 aromatic heterocycles. The standard InChI is InChI=1S/C17H27NO/c1-12-7-8-13(2)17(9-12)14(3)18-10-15-5-4-6-16(15)11-19/h7-9,14-16,18-19H,4-6,10-11H2,1-3H3. The fourth-order valence-electron chi connectivity index (χ4n) is 3.29. The Balaban J connectivity index is 1.93. The van der Waals surface area contributed by atoms with Crippen LogP contribution in [0.3, 0.4) is 0 Å². The SMILES string of the molecule is Cc1ccc(C)c(C(C)NCC2CCCC2CO)c1. The van der Waals surface area contributed by atoms with Crippen molar-refractivity contribution in [1.82, 2.24) is 5.32 Å². The molecule has 106 valence electrons. The van der Waals surface area contributed by atoms with E-state index in [1.807, 2.05) is 0 Å². The molecular weight excluding hydrogens is 234 g/mol. The Bertz CT molecular complexity index is 416. The molecule has 2 heteroatoms. The van der Waals surface area contributed by atoms with Gasteiger partial charge in [-0.25, -0.2) is 0 Å². The largest absolute Gasteiger partial charge is 0.396 e. The molecule has 0 bridgehead atoms. The number of aryl methyl sites for hydroxylation is 2. The summed E-state index contributed by atoms with van der Waals surface area (Å²) in [6.45, 7) is 7.95. The highest BCUT2D eigenvalue weighted by molar-refractivity contribution is 5.32. The van der Waals surface area contributed by atoms with E-state index in [0.29, 0.717) is 24.5 Å². The molecule has 1 aliphatic carbocycles. The number of aliphatic hydroxyl groups is 1. The van der Waals surface area contributed by atoms with Crippen molar-refractivity contribution in [3.8, 4) is 0 Å². The van der Waals surface area contributed by atoms with Gasteiger partial charge in [0.15, 0.2) is 0 Å². The number of benzene rings is 1. The van der Waals surface area contributed by atoms with Gasteiger partial charge >= 0.3 is 0 Å². The molecule has 1 aromatic carbocycles. The Hall–Kier alpha value is -0.860.